The number of likely N-dealkylation sites (tertiary alicyclic amines) is 1. The van der Waals surface area contributed by atoms with E-state index in [0.717, 1.165) is 45.2 Å². The van der Waals surface area contributed by atoms with E-state index in [1.807, 2.05) is 0 Å². The van der Waals surface area contributed by atoms with Gasteiger partial charge in [0.05, 0.1) is 0 Å². The first-order valence-electron chi connectivity index (χ1n) is 9.57. The van der Waals surface area contributed by atoms with Crippen molar-refractivity contribution in [1.82, 2.24) is 10.2 Å². The van der Waals surface area contributed by atoms with Gasteiger partial charge in [-0.3, -0.25) is 9.59 Å². The largest absolute Gasteiger partial charge is 0.484 e. The summed E-state index contributed by atoms with van der Waals surface area (Å²) in [6.07, 6.45) is 5.64. The molecule has 2 N–H and O–H groups in total. The Kier molecular flexibility index (Phi) is 5.98. The molecule has 2 fully saturated rings. The van der Waals surface area contributed by atoms with Crippen molar-refractivity contribution in [2.24, 2.45) is 0 Å². The molecule has 0 spiro atoms. The standard InChI is InChI=1S/C20H26N2O5/c23-17(22-11-4-1-5-12-22)14-27-16-8-6-7-15(13-16)18(24)21-20(19(25)26)9-2-3-10-20/h6-8,13H,1-5,9-12,14H2,(H,21,24)(H,25,26). The topological polar surface area (TPSA) is 95.9 Å². The lowest BCUT2D eigenvalue weighted by Crippen LogP contribution is -2.52. The van der Waals surface area contributed by atoms with Crippen LogP contribution in [0.1, 0.15) is 55.3 Å². The highest BCUT2D eigenvalue weighted by Crippen LogP contribution is 2.30. The van der Waals surface area contributed by atoms with Gasteiger partial charge in [-0.1, -0.05) is 18.9 Å². The maximum atomic E-state index is 12.5. The lowest BCUT2D eigenvalue weighted by Gasteiger charge is -2.26. The molecule has 7 nitrogen and oxygen atoms in total. The van der Waals surface area contributed by atoms with E-state index in [-0.39, 0.29) is 12.5 Å². The molecule has 1 saturated heterocycles. The van der Waals surface area contributed by atoms with Crippen molar-refractivity contribution >= 4 is 17.8 Å². The van der Waals surface area contributed by atoms with E-state index in [9.17, 15) is 19.5 Å². The molecule has 0 atom stereocenters. The number of rotatable bonds is 6. The van der Waals surface area contributed by atoms with Gasteiger partial charge in [-0.15, -0.1) is 0 Å². The third-order valence-electron chi connectivity index (χ3n) is 5.39. The highest BCUT2D eigenvalue weighted by atomic mass is 16.5. The molecule has 1 aromatic carbocycles. The van der Waals surface area contributed by atoms with Crippen LogP contribution in [0.2, 0.25) is 0 Å². The first-order chi connectivity index (χ1) is 13.0. The minimum atomic E-state index is -1.18. The SMILES string of the molecule is O=C(NC1(C(=O)O)CCCC1)c1cccc(OCC(=O)N2CCCCC2)c1. The van der Waals surface area contributed by atoms with E-state index in [4.69, 9.17) is 4.74 Å². The molecule has 1 heterocycles. The molecule has 2 aliphatic rings. The Morgan fingerprint density at radius 1 is 1.07 bits per heavy atom. The molecule has 1 aliphatic carbocycles. The number of carboxylic acids is 1. The molecule has 7 heteroatoms. The van der Waals surface area contributed by atoms with E-state index < -0.39 is 17.4 Å². The fraction of sp³-hybridized carbons (Fsp3) is 0.550. The molecule has 2 amide bonds. The molecule has 0 unspecified atom stereocenters. The average molecular weight is 374 g/mol. The second-order valence-electron chi connectivity index (χ2n) is 7.31. The third kappa shape index (κ3) is 4.59. The molecular formula is C20H26N2O5. The van der Waals surface area contributed by atoms with Gasteiger partial charge in [0.15, 0.2) is 6.61 Å². The Morgan fingerprint density at radius 3 is 2.44 bits per heavy atom. The van der Waals surface area contributed by atoms with E-state index in [1.165, 1.54) is 0 Å². The van der Waals surface area contributed by atoms with Crippen LogP contribution in [0.4, 0.5) is 0 Å². The van der Waals surface area contributed by atoms with Gasteiger partial charge in [-0.05, 0) is 50.3 Å². The number of nitrogens with one attached hydrogen (secondary N) is 1. The number of amides is 2. The van der Waals surface area contributed by atoms with Crippen LogP contribution in [0.15, 0.2) is 24.3 Å². The zero-order chi connectivity index (χ0) is 19.3. The van der Waals surface area contributed by atoms with Crippen LogP contribution in [0.5, 0.6) is 5.75 Å². The Hall–Kier alpha value is -2.57. The van der Waals surface area contributed by atoms with E-state index >= 15 is 0 Å². The highest BCUT2D eigenvalue weighted by Gasteiger charge is 2.42. The summed E-state index contributed by atoms with van der Waals surface area (Å²) in [4.78, 5) is 38.1. The Morgan fingerprint density at radius 2 is 1.78 bits per heavy atom. The summed E-state index contributed by atoms with van der Waals surface area (Å²) in [5.41, 5.74) is -0.858. The summed E-state index contributed by atoms with van der Waals surface area (Å²) in [5, 5.41) is 12.2. The van der Waals surface area contributed by atoms with Crippen molar-refractivity contribution < 1.29 is 24.2 Å². The van der Waals surface area contributed by atoms with Crippen molar-refractivity contribution in [2.75, 3.05) is 19.7 Å². The van der Waals surface area contributed by atoms with Crippen molar-refractivity contribution in [3.8, 4) is 5.75 Å². The number of ether oxygens (including phenoxy) is 1. The fourth-order valence-corrected chi connectivity index (χ4v) is 3.77. The minimum absolute atomic E-state index is 0.0552. The number of hydrogen-bond donors (Lipinski definition) is 2. The number of piperidine rings is 1. The molecule has 1 saturated carbocycles. The van der Waals surface area contributed by atoms with Gasteiger partial charge in [0, 0.05) is 18.7 Å². The van der Waals surface area contributed by atoms with Crippen molar-refractivity contribution in [1.29, 1.82) is 0 Å². The van der Waals surface area contributed by atoms with Crippen molar-refractivity contribution in [3.05, 3.63) is 29.8 Å². The normalized spacial score (nSPS) is 18.7. The van der Waals surface area contributed by atoms with Crippen LogP contribution in [-0.4, -0.2) is 53.0 Å². The first-order valence-corrected chi connectivity index (χ1v) is 9.57. The highest BCUT2D eigenvalue weighted by molar-refractivity contribution is 5.98. The Balaban J connectivity index is 1.60. The van der Waals surface area contributed by atoms with Gasteiger partial charge in [0.2, 0.25) is 0 Å². The summed E-state index contributed by atoms with van der Waals surface area (Å²) in [7, 11) is 0. The van der Waals surface area contributed by atoms with Gasteiger partial charge < -0.3 is 20.1 Å². The smallest absolute Gasteiger partial charge is 0.329 e. The van der Waals surface area contributed by atoms with Gasteiger partial charge in [0.1, 0.15) is 11.3 Å². The molecular weight excluding hydrogens is 348 g/mol. The average Bonchev–Trinajstić information content (AvgIpc) is 3.17. The minimum Gasteiger partial charge on any atom is -0.484 e. The second-order valence-corrected chi connectivity index (χ2v) is 7.31. The van der Waals surface area contributed by atoms with Gasteiger partial charge in [0.25, 0.3) is 11.8 Å². The monoisotopic (exact) mass is 374 g/mol. The lowest BCUT2D eigenvalue weighted by molar-refractivity contribution is -0.144. The molecule has 1 aliphatic heterocycles. The first kappa shape index (κ1) is 19.2. The third-order valence-corrected chi connectivity index (χ3v) is 5.39. The van der Waals surface area contributed by atoms with Gasteiger partial charge in [-0.2, -0.15) is 0 Å². The number of hydrogen-bond acceptors (Lipinski definition) is 4. The number of aliphatic carboxylic acids is 1. The van der Waals surface area contributed by atoms with Crippen LogP contribution in [0.25, 0.3) is 0 Å². The zero-order valence-electron chi connectivity index (χ0n) is 15.4. The van der Waals surface area contributed by atoms with E-state index in [0.29, 0.717) is 24.2 Å². The summed E-state index contributed by atoms with van der Waals surface area (Å²) >= 11 is 0. The summed E-state index contributed by atoms with van der Waals surface area (Å²) in [5.74, 6) is -1.07. The molecule has 3 rings (SSSR count). The van der Waals surface area contributed by atoms with Gasteiger partial charge in [-0.25, -0.2) is 4.79 Å². The molecule has 0 aromatic heterocycles. The van der Waals surface area contributed by atoms with E-state index in [1.54, 1.807) is 29.2 Å². The predicted molar refractivity (Wildman–Crippen MR) is 98.7 cm³/mol. The Labute approximate surface area is 158 Å². The number of carbonyl (C=O) groups excluding carboxylic acids is 2. The van der Waals surface area contributed by atoms with E-state index in [2.05, 4.69) is 5.32 Å². The molecule has 27 heavy (non-hydrogen) atoms. The zero-order valence-corrected chi connectivity index (χ0v) is 15.4. The van der Waals surface area contributed by atoms with Crippen molar-refractivity contribution in [2.45, 2.75) is 50.5 Å². The van der Waals surface area contributed by atoms with Crippen molar-refractivity contribution in [3.63, 3.8) is 0 Å². The van der Waals surface area contributed by atoms with Crippen LogP contribution in [0, 0.1) is 0 Å². The predicted octanol–water partition coefficient (Wildman–Crippen LogP) is 2.21. The maximum Gasteiger partial charge on any atom is 0.329 e. The van der Waals surface area contributed by atoms with Crippen LogP contribution in [0.3, 0.4) is 0 Å². The second kappa shape index (κ2) is 8.41. The Bertz CT molecular complexity index is 706. The number of carbonyl (C=O) groups is 3. The van der Waals surface area contributed by atoms with Crippen LogP contribution in [-0.2, 0) is 9.59 Å². The maximum absolute atomic E-state index is 12.5. The fourth-order valence-electron chi connectivity index (χ4n) is 3.77. The quantitative estimate of drug-likeness (QED) is 0.796. The number of carboxylic acid groups (broad SMARTS) is 1. The van der Waals surface area contributed by atoms with Crippen LogP contribution < -0.4 is 10.1 Å². The van der Waals surface area contributed by atoms with Gasteiger partial charge >= 0.3 is 5.97 Å². The summed E-state index contributed by atoms with van der Waals surface area (Å²) in [6.45, 7) is 1.47. The molecule has 146 valence electrons. The molecule has 0 radical (unpaired) electrons. The molecule has 1 aromatic rings. The lowest BCUT2D eigenvalue weighted by atomic mass is 9.97. The van der Waals surface area contributed by atoms with Crippen LogP contribution >= 0.6 is 0 Å². The summed E-state index contributed by atoms with van der Waals surface area (Å²) in [6, 6.07) is 6.50. The molecule has 0 bridgehead atoms. The number of benzene rings is 1. The number of nitrogens with zero attached hydrogens (tertiary/aromatic N) is 1. The summed E-state index contributed by atoms with van der Waals surface area (Å²) < 4.78 is 5.57.